The maximum atomic E-state index is 12.1. The fourth-order valence-electron chi connectivity index (χ4n) is 2.24. The third-order valence-electron chi connectivity index (χ3n) is 3.37. The van der Waals surface area contributed by atoms with Gasteiger partial charge in [0.2, 0.25) is 5.91 Å². The van der Waals surface area contributed by atoms with Gasteiger partial charge in [0.05, 0.1) is 23.6 Å². The topological polar surface area (TPSA) is 51.2 Å². The zero-order valence-electron chi connectivity index (χ0n) is 13.1. The lowest BCUT2D eigenvalue weighted by Crippen LogP contribution is -2.13. The monoisotopic (exact) mass is 378 g/mol. The Labute approximate surface area is 153 Å². The molecule has 1 aromatic carbocycles. The maximum absolute atomic E-state index is 12.1. The van der Waals surface area contributed by atoms with Crippen LogP contribution < -0.4 is 10.1 Å². The van der Waals surface area contributed by atoms with Crippen LogP contribution in [0.1, 0.15) is 9.75 Å². The number of nitrogens with one attached hydrogen (secondary N) is 1. The van der Waals surface area contributed by atoms with Crippen molar-refractivity contribution >= 4 is 45.3 Å². The number of hydrogen-bond acceptors (Lipinski definition) is 5. The summed E-state index contributed by atoms with van der Waals surface area (Å²) < 4.78 is 5.85. The minimum atomic E-state index is -0.0939. The van der Waals surface area contributed by atoms with Gasteiger partial charge in [0.25, 0.3) is 0 Å². The highest BCUT2D eigenvalue weighted by atomic mass is 35.5. The summed E-state index contributed by atoms with van der Waals surface area (Å²) >= 11 is 8.76. The van der Waals surface area contributed by atoms with Gasteiger partial charge in [0, 0.05) is 15.3 Å². The highest BCUT2D eigenvalue weighted by Gasteiger charge is 2.13. The molecule has 0 aliphatic carbocycles. The first-order valence-electron chi connectivity index (χ1n) is 7.21. The summed E-state index contributed by atoms with van der Waals surface area (Å²) in [6.45, 7) is 1.99. The van der Waals surface area contributed by atoms with Crippen LogP contribution in [0, 0.1) is 6.92 Å². The van der Waals surface area contributed by atoms with Gasteiger partial charge in [-0.25, -0.2) is 4.98 Å². The van der Waals surface area contributed by atoms with E-state index >= 15 is 0 Å². The van der Waals surface area contributed by atoms with E-state index in [0.717, 1.165) is 26.8 Å². The average molecular weight is 379 g/mol. The van der Waals surface area contributed by atoms with Gasteiger partial charge in [-0.15, -0.1) is 22.7 Å². The summed E-state index contributed by atoms with van der Waals surface area (Å²) in [4.78, 5) is 18.7. The first kappa shape index (κ1) is 17.0. The molecule has 0 atom stereocenters. The van der Waals surface area contributed by atoms with Crippen molar-refractivity contribution in [1.82, 2.24) is 4.98 Å². The molecule has 1 amide bonds. The fraction of sp³-hybridized carbons (Fsp3) is 0.176. The maximum Gasteiger partial charge on any atom is 0.231 e. The van der Waals surface area contributed by atoms with Crippen molar-refractivity contribution in [2.45, 2.75) is 13.3 Å². The van der Waals surface area contributed by atoms with E-state index in [1.807, 2.05) is 37.3 Å². The second kappa shape index (κ2) is 7.34. The lowest BCUT2D eigenvalue weighted by molar-refractivity contribution is -0.115. The van der Waals surface area contributed by atoms with Crippen LogP contribution in [0.15, 0.2) is 36.4 Å². The predicted molar refractivity (Wildman–Crippen MR) is 101 cm³/mol. The second-order valence-corrected chi connectivity index (χ2v) is 8.09. The quantitative estimate of drug-likeness (QED) is 0.677. The lowest BCUT2D eigenvalue weighted by atomic mass is 10.1. The number of halogens is 1. The Balaban J connectivity index is 1.72. The SMILES string of the molecule is COc1ccc(-c2nc(NC(=O)Cc3ccc(Cl)s3)sc2C)cc1. The smallest absolute Gasteiger partial charge is 0.231 e. The number of carbonyl (C=O) groups excluding carboxylic acids is 1. The van der Waals surface area contributed by atoms with Crippen LogP contribution >= 0.6 is 34.3 Å². The zero-order chi connectivity index (χ0) is 17.1. The van der Waals surface area contributed by atoms with Crippen molar-refractivity contribution in [3.05, 3.63) is 50.5 Å². The molecular formula is C17H15ClN2O2S2. The van der Waals surface area contributed by atoms with E-state index in [0.29, 0.717) is 15.9 Å². The van der Waals surface area contributed by atoms with Crippen molar-refractivity contribution in [3.63, 3.8) is 0 Å². The molecule has 2 heterocycles. The molecule has 0 aliphatic rings. The summed E-state index contributed by atoms with van der Waals surface area (Å²) in [5, 5.41) is 3.46. The highest BCUT2D eigenvalue weighted by Crippen LogP contribution is 2.31. The van der Waals surface area contributed by atoms with Crippen LogP contribution in [0.2, 0.25) is 4.34 Å². The van der Waals surface area contributed by atoms with Gasteiger partial charge in [-0.2, -0.15) is 0 Å². The van der Waals surface area contributed by atoms with E-state index < -0.39 is 0 Å². The van der Waals surface area contributed by atoms with Crippen LogP contribution in [0.4, 0.5) is 5.13 Å². The molecule has 1 N–H and O–H groups in total. The van der Waals surface area contributed by atoms with E-state index in [1.54, 1.807) is 13.2 Å². The van der Waals surface area contributed by atoms with Crippen molar-refractivity contribution < 1.29 is 9.53 Å². The molecule has 3 aromatic rings. The number of ether oxygens (including phenoxy) is 1. The summed E-state index contributed by atoms with van der Waals surface area (Å²) in [6, 6.07) is 11.4. The number of anilines is 1. The Bertz CT molecular complexity index is 856. The van der Waals surface area contributed by atoms with Crippen molar-refractivity contribution in [2.24, 2.45) is 0 Å². The number of carbonyl (C=O) groups is 1. The minimum absolute atomic E-state index is 0.0939. The minimum Gasteiger partial charge on any atom is -0.497 e. The van der Waals surface area contributed by atoms with Crippen LogP contribution in [-0.4, -0.2) is 18.0 Å². The van der Waals surface area contributed by atoms with Crippen molar-refractivity contribution in [1.29, 1.82) is 0 Å². The number of thiazole rings is 1. The molecule has 0 radical (unpaired) electrons. The summed E-state index contributed by atoms with van der Waals surface area (Å²) in [6.07, 6.45) is 0.299. The van der Waals surface area contributed by atoms with Gasteiger partial charge < -0.3 is 10.1 Å². The Morgan fingerprint density at radius 1 is 1.21 bits per heavy atom. The molecule has 0 fully saturated rings. The number of rotatable bonds is 5. The second-order valence-electron chi connectivity index (χ2n) is 5.08. The standard InChI is InChI=1S/C17H15ClN2O2S2/c1-10-16(11-3-5-12(22-2)6-4-11)20-17(23-10)19-15(21)9-13-7-8-14(18)24-13/h3-8H,9H2,1-2H3,(H,19,20,21). The number of nitrogens with zero attached hydrogens (tertiary/aromatic N) is 1. The molecule has 7 heteroatoms. The lowest BCUT2D eigenvalue weighted by Gasteiger charge is -2.02. The van der Waals surface area contributed by atoms with Crippen molar-refractivity contribution in [3.8, 4) is 17.0 Å². The molecule has 3 rings (SSSR count). The number of amides is 1. The van der Waals surface area contributed by atoms with Gasteiger partial charge in [-0.3, -0.25) is 4.79 Å². The molecule has 2 aromatic heterocycles. The van der Waals surface area contributed by atoms with Crippen LogP contribution in [0.3, 0.4) is 0 Å². The van der Waals surface area contributed by atoms with Crippen molar-refractivity contribution in [2.75, 3.05) is 12.4 Å². The molecule has 24 heavy (non-hydrogen) atoms. The highest BCUT2D eigenvalue weighted by molar-refractivity contribution is 7.16. The molecule has 0 saturated carbocycles. The number of aromatic nitrogens is 1. The molecule has 0 bridgehead atoms. The molecule has 0 spiro atoms. The van der Waals surface area contributed by atoms with Gasteiger partial charge in [-0.05, 0) is 43.3 Å². The Morgan fingerprint density at radius 2 is 1.96 bits per heavy atom. The number of thiophene rings is 1. The zero-order valence-corrected chi connectivity index (χ0v) is 15.5. The van der Waals surface area contributed by atoms with Crippen LogP contribution in [0.25, 0.3) is 11.3 Å². The van der Waals surface area contributed by atoms with Gasteiger partial charge >= 0.3 is 0 Å². The third kappa shape index (κ3) is 3.95. The molecule has 124 valence electrons. The largest absolute Gasteiger partial charge is 0.497 e. The average Bonchev–Trinajstić information content (AvgIpc) is 3.13. The Morgan fingerprint density at radius 3 is 2.58 bits per heavy atom. The van der Waals surface area contributed by atoms with Gasteiger partial charge in [0.15, 0.2) is 5.13 Å². The first-order valence-corrected chi connectivity index (χ1v) is 9.22. The molecule has 0 saturated heterocycles. The molecule has 4 nitrogen and oxygen atoms in total. The van der Waals surface area contributed by atoms with Gasteiger partial charge in [-0.1, -0.05) is 11.6 Å². The van der Waals surface area contributed by atoms with E-state index in [2.05, 4.69) is 10.3 Å². The third-order valence-corrected chi connectivity index (χ3v) is 5.49. The van der Waals surface area contributed by atoms with Gasteiger partial charge in [0.1, 0.15) is 5.75 Å². The number of benzene rings is 1. The molecular weight excluding hydrogens is 364 g/mol. The van der Waals surface area contributed by atoms with E-state index in [1.165, 1.54) is 22.7 Å². The van der Waals surface area contributed by atoms with E-state index in [9.17, 15) is 4.79 Å². The van der Waals surface area contributed by atoms with E-state index in [-0.39, 0.29) is 5.91 Å². The number of methoxy groups -OCH3 is 1. The molecule has 0 aliphatic heterocycles. The Kier molecular flexibility index (Phi) is 5.18. The predicted octanol–water partition coefficient (Wildman–Crippen LogP) is 5.02. The summed E-state index contributed by atoms with van der Waals surface area (Å²) in [7, 11) is 1.64. The number of hydrogen-bond donors (Lipinski definition) is 1. The van der Waals surface area contributed by atoms with Crippen LogP contribution in [0.5, 0.6) is 5.75 Å². The Hall–Kier alpha value is -1.89. The summed E-state index contributed by atoms with van der Waals surface area (Å²) in [5.41, 5.74) is 1.87. The first-order chi connectivity index (χ1) is 11.5. The summed E-state index contributed by atoms with van der Waals surface area (Å²) in [5.74, 6) is 0.707. The van der Waals surface area contributed by atoms with Crippen LogP contribution in [-0.2, 0) is 11.2 Å². The molecule has 0 unspecified atom stereocenters. The van der Waals surface area contributed by atoms with E-state index in [4.69, 9.17) is 16.3 Å². The normalized spacial score (nSPS) is 10.6. The fourth-order valence-corrected chi connectivity index (χ4v) is 4.17. The number of aryl methyl sites for hydroxylation is 1.